The number of rotatable bonds is 38. The first-order chi connectivity index (χ1) is 56.8. The number of hydrogen-bond acceptors (Lipinski definition) is 30. The zero-order valence-electron chi connectivity index (χ0n) is 64.9. The van der Waals surface area contributed by atoms with Crippen molar-refractivity contribution in [1.29, 1.82) is 0 Å². The van der Waals surface area contributed by atoms with E-state index in [9.17, 15) is 46.8 Å². The van der Waals surface area contributed by atoms with Gasteiger partial charge in [0.05, 0.1) is 66.1 Å². The van der Waals surface area contributed by atoms with Gasteiger partial charge in [-0.25, -0.2) is 0 Å². The lowest BCUT2D eigenvalue weighted by molar-refractivity contribution is -0.365. The van der Waals surface area contributed by atoms with E-state index in [0.717, 1.165) is 38.8 Å². The van der Waals surface area contributed by atoms with Crippen LogP contribution in [0.25, 0.3) is 52.2 Å². The molecule has 6 saturated heterocycles. The van der Waals surface area contributed by atoms with Gasteiger partial charge in [0.15, 0.2) is 37.2 Å². The normalized spacial score (nSPS) is 31.6. The average Bonchev–Trinajstić information content (AvgIpc) is 1.71. The Labute approximate surface area is 670 Å². The zero-order chi connectivity index (χ0) is 82.8. The number of methoxy groups -OCH3 is 1. The third kappa shape index (κ3) is 23.8. The van der Waals surface area contributed by atoms with E-state index in [1.165, 1.54) is 7.11 Å². The van der Waals surface area contributed by atoms with Crippen molar-refractivity contribution in [2.24, 2.45) is 25.6 Å². The minimum Gasteiger partial charge on any atom is -0.459 e. The van der Waals surface area contributed by atoms with Crippen LogP contribution in [0.2, 0.25) is 0 Å². The summed E-state index contributed by atoms with van der Waals surface area (Å²) >= 11 is 0. The first kappa shape index (κ1) is 87.7. The molecule has 0 radical (unpaired) electrons. The lowest BCUT2D eigenvalue weighted by Crippen LogP contribution is -2.68. The molecule has 6 fully saturated rings. The number of azide groups is 5. The molecule has 5 aromatic carbocycles. The van der Waals surface area contributed by atoms with Crippen molar-refractivity contribution in [2.75, 3.05) is 40.1 Å². The predicted molar refractivity (Wildman–Crippen MR) is 401 cm³/mol. The van der Waals surface area contributed by atoms with Gasteiger partial charge in [0.2, 0.25) is 0 Å². The molecule has 6 aliphatic rings. The number of hydrogen-bond donors (Lipinski definition) is 0. The molecule has 0 amide bonds. The molecule has 0 saturated carbocycles. The second-order valence-electron chi connectivity index (χ2n) is 28.2. The highest BCUT2D eigenvalue weighted by Crippen LogP contribution is 2.44. The maximum absolute atomic E-state index is 14.0. The second-order valence-corrected chi connectivity index (χ2v) is 28.2. The molecule has 0 N–H and O–H groups in total. The maximum atomic E-state index is 14.0. The van der Waals surface area contributed by atoms with Crippen LogP contribution in [0.15, 0.2) is 177 Å². The quantitative estimate of drug-likeness (QED) is 0.0116. The van der Waals surface area contributed by atoms with Crippen molar-refractivity contribution in [3.63, 3.8) is 0 Å². The number of carbonyl (C=O) groups is 4. The lowest BCUT2D eigenvalue weighted by Gasteiger charge is -2.51. The molecule has 40 nitrogen and oxygen atoms in total. The molecule has 6 heterocycles. The van der Waals surface area contributed by atoms with Crippen molar-refractivity contribution < 1.29 is 119 Å². The van der Waals surface area contributed by atoms with Crippen molar-refractivity contribution >= 4 is 23.9 Å². The first-order valence-electron chi connectivity index (χ1n) is 37.5. The van der Waals surface area contributed by atoms with Crippen molar-refractivity contribution in [3.8, 4) is 0 Å². The third-order valence-corrected chi connectivity index (χ3v) is 19.4. The van der Waals surface area contributed by atoms with Crippen LogP contribution in [0.4, 0.5) is 0 Å². The van der Waals surface area contributed by atoms with E-state index in [-0.39, 0.29) is 46.2 Å². The van der Waals surface area contributed by atoms with Crippen LogP contribution < -0.4 is 0 Å². The Balaban J connectivity index is 0.977. The van der Waals surface area contributed by atoms with Crippen LogP contribution in [-0.4, -0.2) is 223 Å². The van der Waals surface area contributed by atoms with Gasteiger partial charge in [0, 0.05) is 59.4 Å². The van der Waals surface area contributed by atoms with Gasteiger partial charge < -0.3 is 99.5 Å². The summed E-state index contributed by atoms with van der Waals surface area (Å²) in [5, 5.41) is 20.4. The van der Waals surface area contributed by atoms with E-state index in [1.807, 2.05) is 66.7 Å². The van der Waals surface area contributed by atoms with Crippen LogP contribution in [0.5, 0.6) is 0 Å². The van der Waals surface area contributed by atoms with E-state index in [1.54, 1.807) is 98.8 Å². The third-order valence-electron chi connectivity index (χ3n) is 19.4. The topological polar surface area (TPSA) is 506 Å². The summed E-state index contributed by atoms with van der Waals surface area (Å²) in [4.78, 5) is 70.4. The molecule has 0 spiro atoms. The number of ether oxygens (including phenoxy) is 21. The molecule has 6 aliphatic heterocycles. The van der Waals surface area contributed by atoms with Gasteiger partial charge in [-0.3, -0.25) is 19.2 Å². The van der Waals surface area contributed by atoms with Gasteiger partial charge in [-0.05, 0) is 69.3 Å². The molecular weight excluding hydrogens is 1530 g/mol. The molecule has 5 aromatic rings. The largest absolute Gasteiger partial charge is 0.459 e. The van der Waals surface area contributed by atoms with Gasteiger partial charge in [0.25, 0.3) is 0 Å². The number of nitrogens with zero attached hydrogens (tertiary/aromatic N) is 15. The Morgan fingerprint density at radius 2 is 0.547 bits per heavy atom. The zero-order valence-corrected chi connectivity index (χ0v) is 64.9. The summed E-state index contributed by atoms with van der Waals surface area (Å²) in [5.74, 6) is -5.05. The summed E-state index contributed by atoms with van der Waals surface area (Å²) in [7, 11) is 1.27. The number of fused-ring (bicyclic) bond motifs is 1. The molecular formula is C77H91N15O25. The van der Waals surface area contributed by atoms with Crippen molar-refractivity contribution in [1.82, 2.24) is 0 Å². The Kier molecular flexibility index (Phi) is 32.5. The maximum Gasteiger partial charge on any atom is 0.303 e. The molecule has 25 atom stereocenters. The van der Waals surface area contributed by atoms with Crippen molar-refractivity contribution in [3.05, 3.63) is 232 Å². The monoisotopic (exact) mass is 1630 g/mol. The molecule has 40 heteroatoms. The summed E-state index contributed by atoms with van der Waals surface area (Å²) in [5.41, 5.74) is 55.9. The number of benzene rings is 5. The molecule has 0 unspecified atom stereocenters. The van der Waals surface area contributed by atoms with E-state index in [0.29, 0.717) is 16.7 Å². The highest BCUT2D eigenvalue weighted by molar-refractivity contribution is 5.67. The highest BCUT2D eigenvalue weighted by atomic mass is 16.8. The van der Waals surface area contributed by atoms with Crippen LogP contribution in [0.3, 0.4) is 0 Å². The smallest absolute Gasteiger partial charge is 0.303 e. The second kappa shape index (κ2) is 43.3. The fourth-order valence-corrected chi connectivity index (χ4v) is 14.6. The summed E-state index contributed by atoms with van der Waals surface area (Å²) < 4.78 is 136. The predicted octanol–water partition coefficient (Wildman–Crippen LogP) is 10.5. The van der Waals surface area contributed by atoms with Gasteiger partial charge in [0.1, 0.15) is 122 Å². The Morgan fingerprint density at radius 1 is 0.325 bits per heavy atom. The SMILES string of the molecule is CO[C@H]1O[C@H](COCc2ccccc2)[C@H](O[C@H]2O[C@H](COCc3ccccc3)[C@H](O[C@H]3O[C@H](COCc4ccccc4)[C@H](O[C@H]4O[C@H](COCc5ccccc5)[C@H](O[C@H]5O[C@H](COCc6ccccc6)[C@@H]6OC(C)(C)O[C@@H]6[C@H]5N=[N+]=[N-])[C@H](OC(C)=O)[C@H]4N=[N+]=[N-])[C@H](OC(C)=O)[C@H]3N=[N+]=[N-])[C@H](OC(C)=O)[C@H]2N=[N+]=[N-])[C@H](OC(C)=O)[C@H]1N=[N+]=[N-]. The van der Waals surface area contributed by atoms with Crippen LogP contribution in [0, 0.1) is 0 Å². The number of carbonyl (C=O) groups excluding carboxylic acids is 4. The first-order valence-corrected chi connectivity index (χ1v) is 37.5. The fraction of sp³-hybridized carbons (Fsp3) is 0.558. The van der Waals surface area contributed by atoms with Crippen LogP contribution in [-0.2, 0) is 152 Å². The van der Waals surface area contributed by atoms with Gasteiger partial charge in [-0.15, -0.1) is 0 Å². The van der Waals surface area contributed by atoms with Gasteiger partial charge in [-0.1, -0.05) is 177 Å². The molecule has 0 bridgehead atoms. The summed E-state index contributed by atoms with van der Waals surface area (Å²) in [6.07, 6.45) is -31.5. The fourth-order valence-electron chi connectivity index (χ4n) is 14.6. The van der Waals surface area contributed by atoms with Crippen LogP contribution >= 0.6 is 0 Å². The highest BCUT2D eigenvalue weighted by Gasteiger charge is 2.62. The van der Waals surface area contributed by atoms with E-state index in [4.69, 9.17) is 99.5 Å². The average molecular weight is 1630 g/mol. The van der Waals surface area contributed by atoms with Gasteiger partial charge in [-0.2, -0.15) is 0 Å². The summed E-state index contributed by atoms with van der Waals surface area (Å²) in [6, 6.07) is 36.8. The van der Waals surface area contributed by atoms with Crippen molar-refractivity contribution in [2.45, 2.75) is 234 Å². The van der Waals surface area contributed by atoms with E-state index < -0.39 is 203 Å². The Morgan fingerprint density at radius 3 is 0.803 bits per heavy atom. The van der Waals surface area contributed by atoms with E-state index >= 15 is 0 Å². The standard InChI is InChI=1S/C77H91N15O25/c1-43(93)103-67-57(83-88-78)72(97-7)107-52(38-98-33-47-23-13-8-14-24-47)62(67)112-73-58(84-89-79)68(104-44(2)94)63(53(108-73)39-99-34-48-25-15-9-16-26-48)113-74-59(85-90-80)69(105-45(3)95)64(54(109-74)40-100-35-49-27-17-10-18-28-49)114-75-60(86-91-81)70(106-46(4)96)65(55(110-75)41-101-36-50-29-19-11-20-30-50)115-76-61(87-92-82)71-66(116-77(5,6)117-71)56(111-76)42-102-37-51-31-21-12-22-32-51/h8-32,52-76H,33-42H2,1-7H3/t52-,53-,54-,55-,56-,57-,58-,59-,60-,61-,62+,63+,64+,65+,66+,67-,68-,69-,70-,71-,72+,73-,74-,75-,76-/m1/s1. The Hall–Kier alpha value is -10.1. The molecule has 117 heavy (non-hydrogen) atoms. The molecule has 0 aromatic heterocycles. The lowest BCUT2D eigenvalue weighted by atomic mass is 9.93. The Bertz CT molecular complexity index is 4290. The molecule has 11 rings (SSSR count). The van der Waals surface area contributed by atoms with Gasteiger partial charge >= 0.3 is 23.9 Å². The van der Waals surface area contributed by atoms with Crippen LogP contribution in [0.1, 0.15) is 69.4 Å². The molecule has 0 aliphatic carbocycles. The minimum atomic E-state index is -2.00. The van der Waals surface area contributed by atoms with E-state index in [2.05, 4.69) is 50.1 Å². The minimum absolute atomic E-state index is 0.0349. The number of esters is 4. The summed E-state index contributed by atoms with van der Waals surface area (Å²) in [6.45, 7) is 5.68. The molecule has 624 valence electrons.